The zero-order valence-electron chi connectivity index (χ0n) is 18.3. The molecule has 0 saturated carbocycles. The van der Waals surface area contributed by atoms with Crippen molar-refractivity contribution >= 4 is 36.3 Å². The van der Waals surface area contributed by atoms with Gasteiger partial charge in [0.15, 0.2) is 0 Å². The number of H-pyrrole nitrogens is 1. The van der Waals surface area contributed by atoms with E-state index < -0.39 is 42.0 Å². The topological polar surface area (TPSA) is 171 Å². The molecule has 0 spiro atoms. The third-order valence-electron chi connectivity index (χ3n) is 5.74. The second kappa shape index (κ2) is 11.9. The molecule has 0 radical (unpaired) electrons. The molecule has 6 N–H and O–H groups in total. The number of amides is 3. The summed E-state index contributed by atoms with van der Waals surface area (Å²) in [5.41, 5.74) is 6.76. The third-order valence-corrected chi connectivity index (χ3v) is 6.11. The number of thiol groups is 1. The Kier molecular flexibility index (Phi) is 9.51. The number of carbonyl (C=O) groups is 4. The van der Waals surface area contributed by atoms with Crippen molar-refractivity contribution in [2.45, 2.75) is 63.7 Å². The Hall–Kier alpha value is -2.60. The minimum atomic E-state index is -1.14. The molecule has 1 aromatic heterocycles. The lowest BCUT2D eigenvalue weighted by Crippen LogP contribution is -2.58. The van der Waals surface area contributed by atoms with E-state index in [2.05, 4.69) is 33.2 Å². The quantitative estimate of drug-likeness (QED) is 0.233. The van der Waals surface area contributed by atoms with Crippen LogP contribution in [-0.2, 0) is 25.6 Å². The molecule has 2 heterocycles. The number of nitrogens with two attached hydrogens (primary N) is 1. The molecule has 32 heavy (non-hydrogen) atoms. The molecule has 2 rings (SSSR count). The van der Waals surface area contributed by atoms with E-state index in [9.17, 15) is 24.3 Å². The predicted octanol–water partition coefficient (Wildman–Crippen LogP) is -0.699. The van der Waals surface area contributed by atoms with E-state index in [1.54, 1.807) is 13.1 Å². The van der Waals surface area contributed by atoms with Gasteiger partial charge in [0.05, 0.1) is 12.4 Å². The molecule has 1 aliphatic heterocycles. The number of hydrogen-bond acceptors (Lipinski definition) is 7. The number of nitrogens with zero attached hydrogens (tertiary/aromatic N) is 2. The highest BCUT2D eigenvalue weighted by atomic mass is 32.1. The van der Waals surface area contributed by atoms with Crippen LogP contribution in [0.15, 0.2) is 12.5 Å². The molecular formula is C20H32N6O5S. The second-order valence-corrected chi connectivity index (χ2v) is 8.40. The van der Waals surface area contributed by atoms with Gasteiger partial charge in [-0.05, 0) is 18.8 Å². The fourth-order valence-electron chi connectivity index (χ4n) is 3.64. The Morgan fingerprint density at radius 1 is 1.38 bits per heavy atom. The van der Waals surface area contributed by atoms with Crippen LogP contribution in [0.4, 0.5) is 0 Å². The number of aromatic amines is 1. The minimum Gasteiger partial charge on any atom is -0.480 e. The lowest BCUT2D eigenvalue weighted by molar-refractivity contribution is -0.144. The van der Waals surface area contributed by atoms with Crippen LogP contribution in [0.2, 0.25) is 0 Å². The number of rotatable bonds is 11. The Morgan fingerprint density at radius 3 is 2.66 bits per heavy atom. The van der Waals surface area contributed by atoms with Crippen LogP contribution in [0.5, 0.6) is 0 Å². The normalized spacial score (nSPS) is 19.6. The molecule has 0 bridgehead atoms. The van der Waals surface area contributed by atoms with Gasteiger partial charge in [0.2, 0.25) is 17.7 Å². The fraction of sp³-hybridized carbons (Fsp3) is 0.650. The number of carboxylic acids is 1. The summed E-state index contributed by atoms with van der Waals surface area (Å²) < 4.78 is 0. The Balaban J connectivity index is 2.00. The lowest BCUT2D eigenvalue weighted by Gasteiger charge is -2.28. The molecule has 1 aliphatic rings. The zero-order chi connectivity index (χ0) is 23.8. The molecule has 178 valence electrons. The number of hydrogen-bond donors (Lipinski definition) is 6. The molecule has 5 atom stereocenters. The maximum Gasteiger partial charge on any atom is 0.326 e. The molecule has 0 aromatic carbocycles. The van der Waals surface area contributed by atoms with Crippen molar-refractivity contribution in [1.29, 1.82) is 0 Å². The fourth-order valence-corrected chi connectivity index (χ4v) is 3.89. The van der Waals surface area contributed by atoms with Crippen LogP contribution in [0.3, 0.4) is 0 Å². The third kappa shape index (κ3) is 6.45. The van der Waals surface area contributed by atoms with Gasteiger partial charge >= 0.3 is 5.97 Å². The Morgan fingerprint density at radius 2 is 2.09 bits per heavy atom. The summed E-state index contributed by atoms with van der Waals surface area (Å²) in [4.78, 5) is 58.1. The van der Waals surface area contributed by atoms with Gasteiger partial charge in [-0.15, -0.1) is 0 Å². The number of nitrogens with one attached hydrogen (secondary N) is 3. The van der Waals surface area contributed by atoms with Gasteiger partial charge in [-0.1, -0.05) is 20.3 Å². The van der Waals surface area contributed by atoms with Crippen LogP contribution < -0.4 is 16.4 Å². The van der Waals surface area contributed by atoms with Crippen molar-refractivity contribution < 1.29 is 24.3 Å². The number of aromatic nitrogens is 2. The van der Waals surface area contributed by atoms with Crippen LogP contribution in [-0.4, -0.2) is 80.1 Å². The Bertz CT molecular complexity index is 804. The monoisotopic (exact) mass is 468 g/mol. The largest absolute Gasteiger partial charge is 0.480 e. The SMILES string of the molecule is CCC(C)C(NC(=O)C(CS)NC(=O)C1CCCN1C(=O)C(N)Cc1cnc[nH]1)C(=O)O. The summed E-state index contributed by atoms with van der Waals surface area (Å²) in [6.07, 6.45) is 4.98. The maximum absolute atomic E-state index is 12.9. The van der Waals surface area contributed by atoms with Crippen molar-refractivity contribution in [2.75, 3.05) is 12.3 Å². The van der Waals surface area contributed by atoms with Crippen LogP contribution in [0.25, 0.3) is 0 Å². The maximum atomic E-state index is 12.9. The van der Waals surface area contributed by atoms with E-state index in [1.165, 1.54) is 11.2 Å². The molecule has 5 unspecified atom stereocenters. The van der Waals surface area contributed by atoms with E-state index in [0.29, 0.717) is 31.5 Å². The molecular weight excluding hydrogens is 436 g/mol. The summed E-state index contributed by atoms with van der Waals surface area (Å²) >= 11 is 4.13. The van der Waals surface area contributed by atoms with Crippen molar-refractivity contribution in [1.82, 2.24) is 25.5 Å². The smallest absolute Gasteiger partial charge is 0.326 e. The molecule has 0 aliphatic carbocycles. The van der Waals surface area contributed by atoms with Crippen molar-refractivity contribution in [3.8, 4) is 0 Å². The predicted molar refractivity (Wildman–Crippen MR) is 120 cm³/mol. The molecule has 1 aromatic rings. The van der Waals surface area contributed by atoms with Crippen molar-refractivity contribution in [2.24, 2.45) is 11.7 Å². The lowest BCUT2D eigenvalue weighted by atomic mass is 9.99. The summed E-state index contributed by atoms with van der Waals surface area (Å²) in [7, 11) is 0. The van der Waals surface area contributed by atoms with Gasteiger partial charge in [-0.25, -0.2) is 9.78 Å². The minimum absolute atomic E-state index is 0.0234. The average Bonchev–Trinajstić information content (AvgIpc) is 3.46. The highest BCUT2D eigenvalue weighted by Gasteiger charge is 2.38. The zero-order valence-corrected chi connectivity index (χ0v) is 19.2. The van der Waals surface area contributed by atoms with E-state index >= 15 is 0 Å². The first kappa shape index (κ1) is 25.7. The van der Waals surface area contributed by atoms with Gasteiger partial charge in [0.1, 0.15) is 18.1 Å². The first-order valence-corrected chi connectivity index (χ1v) is 11.3. The molecule has 1 fully saturated rings. The van der Waals surface area contributed by atoms with E-state index in [-0.39, 0.29) is 24.0 Å². The highest BCUT2D eigenvalue weighted by Crippen LogP contribution is 2.19. The van der Waals surface area contributed by atoms with Crippen LogP contribution in [0, 0.1) is 5.92 Å². The second-order valence-electron chi connectivity index (χ2n) is 8.03. The summed E-state index contributed by atoms with van der Waals surface area (Å²) in [6, 6.07) is -3.69. The van der Waals surface area contributed by atoms with Gasteiger partial charge < -0.3 is 31.4 Å². The first-order valence-electron chi connectivity index (χ1n) is 10.7. The molecule has 12 heteroatoms. The van der Waals surface area contributed by atoms with Crippen molar-refractivity contribution in [3.63, 3.8) is 0 Å². The van der Waals surface area contributed by atoms with E-state index in [0.717, 1.165) is 0 Å². The van der Waals surface area contributed by atoms with Gasteiger partial charge in [0.25, 0.3) is 0 Å². The van der Waals surface area contributed by atoms with Gasteiger partial charge in [-0.3, -0.25) is 14.4 Å². The highest BCUT2D eigenvalue weighted by molar-refractivity contribution is 7.80. The summed E-state index contributed by atoms with van der Waals surface area (Å²) in [5.74, 6) is -2.93. The number of likely N-dealkylation sites (tertiary alicyclic amines) is 1. The van der Waals surface area contributed by atoms with Gasteiger partial charge in [-0.2, -0.15) is 12.6 Å². The molecule has 3 amide bonds. The average molecular weight is 469 g/mol. The standard InChI is InChI=1S/C20H32N6O5S/c1-3-11(2)16(20(30)31)25-17(27)14(9-32)24-18(28)15-5-4-6-26(15)19(29)13(21)7-12-8-22-10-23-12/h8,10-11,13-16,32H,3-7,9,21H2,1-2H3,(H,22,23)(H,24,28)(H,25,27)(H,30,31). The van der Waals surface area contributed by atoms with E-state index in [4.69, 9.17) is 5.73 Å². The van der Waals surface area contributed by atoms with Gasteiger partial charge in [0, 0.05) is 30.6 Å². The molecule has 11 nitrogen and oxygen atoms in total. The van der Waals surface area contributed by atoms with Crippen LogP contribution in [0.1, 0.15) is 38.8 Å². The Labute approximate surface area is 192 Å². The summed E-state index contributed by atoms with van der Waals surface area (Å²) in [5, 5.41) is 14.5. The van der Waals surface area contributed by atoms with Crippen molar-refractivity contribution in [3.05, 3.63) is 18.2 Å². The number of aliphatic carboxylic acids is 1. The number of carboxylic acid groups (broad SMARTS) is 1. The van der Waals surface area contributed by atoms with Crippen LogP contribution >= 0.6 is 12.6 Å². The summed E-state index contributed by atoms with van der Waals surface area (Å²) in [6.45, 7) is 3.94. The number of carbonyl (C=O) groups excluding carboxylic acids is 3. The molecule has 1 saturated heterocycles. The number of imidazole rings is 1. The van der Waals surface area contributed by atoms with E-state index in [1.807, 2.05) is 6.92 Å². The first-order chi connectivity index (χ1) is 15.2.